The fraction of sp³-hybridized carbons (Fsp3) is 0.484. The molecule has 2 heterocycles. The van der Waals surface area contributed by atoms with Gasteiger partial charge >= 0.3 is 5.97 Å². The average molecular weight is 535 g/mol. The first-order chi connectivity index (χ1) is 18.2. The van der Waals surface area contributed by atoms with Crippen LogP contribution in [0.1, 0.15) is 79.6 Å². The van der Waals surface area contributed by atoms with E-state index in [9.17, 15) is 4.79 Å². The highest BCUT2D eigenvalue weighted by Gasteiger charge is 2.45. The number of halogens is 1. The summed E-state index contributed by atoms with van der Waals surface area (Å²) in [5.41, 5.74) is 5.14. The molecule has 3 fully saturated rings. The summed E-state index contributed by atoms with van der Waals surface area (Å²) in [5, 5.41) is 5.16. The maximum absolute atomic E-state index is 12.4. The van der Waals surface area contributed by atoms with Crippen LogP contribution in [-0.4, -0.2) is 35.4 Å². The number of hydrogen-bond donors (Lipinski definition) is 0. The maximum Gasteiger partial charge on any atom is 0.338 e. The summed E-state index contributed by atoms with van der Waals surface area (Å²) in [6.45, 7) is 9.15. The lowest BCUT2D eigenvalue weighted by atomic mass is 10.00. The van der Waals surface area contributed by atoms with Gasteiger partial charge in [0.1, 0.15) is 17.1 Å². The van der Waals surface area contributed by atoms with Gasteiger partial charge in [0.05, 0.1) is 23.3 Å². The first kappa shape index (κ1) is 25.4. The molecule has 38 heavy (non-hydrogen) atoms. The Kier molecular flexibility index (Phi) is 6.51. The predicted molar refractivity (Wildman–Crippen MR) is 148 cm³/mol. The van der Waals surface area contributed by atoms with E-state index in [-0.39, 0.29) is 12.1 Å². The number of ether oxygens (including phenoxy) is 2. The highest BCUT2D eigenvalue weighted by Crippen LogP contribution is 2.47. The lowest BCUT2D eigenvalue weighted by Crippen LogP contribution is -2.38. The normalized spacial score (nSPS) is 22.8. The van der Waals surface area contributed by atoms with Crippen molar-refractivity contribution in [2.45, 2.75) is 83.6 Å². The summed E-state index contributed by atoms with van der Waals surface area (Å²) < 4.78 is 18.0. The molecule has 0 radical (unpaired) electrons. The van der Waals surface area contributed by atoms with E-state index >= 15 is 0 Å². The van der Waals surface area contributed by atoms with Crippen molar-refractivity contribution in [1.29, 1.82) is 0 Å². The number of aryl methyl sites for hydroxylation is 1. The predicted octanol–water partition coefficient (Wildman–Crippen LogP) is 7.32. The number of rotatable bonds is 7. The van der Waals surface area contributed by atoms with Gasteiger partial charge in [-0.3, -0.25) is 0 Å². The molecule has 0 amide bonds. The van der Waals surface area contributed by atoms with Crippen LogP contribution in [0.2, 0.25) is 5.02 Å². The van der Waals surface area contributed by atoms with Crippen LogP contribution >= 0.6 is 11.6 Å². The second kappa shape index (κ2) is 9.73. The van der Waals surface area contributed by atoms with E-state index in [1.807, 2.05) is 57.2 Å². The number of aromatic nitrogens is 1. The van der Waals surface area contributed by atoms with Gasteiger partial charge in [0.25, 0.3) is 0 Å². The van der Waals surface area contributed by atoms with Crippen molar-refractivity contribution in [3.05, 3.63) is 69.9 Å². The van der Waals surface area contributed by atoms with Gasteiger partial charge < -0.3 is 18.9 Å². The molecule has 3 aromatic rings. The molecular formula is C31H35ClN2O4. The SMILES string of the molecule is Cc1cccc(Cl)c1-c1noc(C2CC2)c1CO[C@@H]1C[C@@H]2C[C@H]1CN2c1ccc(C(=O)OC(C)(C)C)cc1. The van der Waals surface area contributed by atoms with E-state index < -0.39 is 5.60 Å². The number of carbonyl (C=O) groups is 1. The van der Waals surface area contributed by atoms with Crippen molar-refractivity contribution < 1.29 is 18.8 Å². The first-order valence-electron chi connectivity index (χ1n) is 13.6. The van der Waals surface area contributed by atoms with Gasteiger partial charge in [-0.1, -0.05) is 28.9 Å². The summed E-state index contributed by atoms with van der Waals surface area (Å²) in [4.78, 5) is 14.8. The van der Waals surface area contributed by atoms with E-state index in [4.69, 9.17) is 25.6 Å². The maximum atomic E-state index is 12.4. The van der Waals surface area contributed by atoms with Crippen LogP contribution in [0.25, 0.3) is 11.3 Å². The third-order valence-electron chi connectivity index (χ3n) is 7.98. The van der Waals surface area contributed by atoms with Crippen LogP contribution in [0.15, 0.2) is 47.0 Å². The number of nitrogens with zero attached hydrogens (tertiary/aromatic N) is 2. The van der Waals surface area contributed by atoms with Crippen LogP contribution < -0.4 is 4.90 Å². The Morgan fingerprint density at radius 3 is 2.53 bits per heavy atom. The van der Waals surface area contributed by atoms with Crippen molar-refractivity contribution in [3.8, 4) is 11.3 Å². The van der Waals surface area contributed by atoms with E-state index in [2.05, 4.69) is 23.0 Å². The summed E-state index contributed by atoms with van der Waals surface area (Å²) in [7, 11) is 0. The summed E-state index contributed by atoms with van der Waals surface area (Å²) in [5.74, 6) is 1.59. The Morgan fingerprint density at radius 2 is 1.89 bits per heavy atom. The molecule has 1 aliphatic heterocycles. The number of fused-ring (bicyclic) bond motifs is 2. The Morgan fingerprint density at radius 1 is 1.13 bits per heavy atom. The van der Waals surface area contributed by atoms with E-state index in [0.717, 1.165) is 66.1 Å². The Bertz CT molecular complexity index is 1320. The van der Waals surface area contributed by atoms with E-state index in [0.29, 0.717) is 35.1 Å². The molecule has 7 heteroatoms. The van der Waals surface area contributed by atoms with Gasteiger partial charge in [0, 0.05) is 41.2 Å². The summed E-state index contributed by atoms with van der Waals surface area (Å²) in [6.07, 6.45) is 4.59. The number of anilines is 1. The lowest BCUT2D eigenvalue weighted by Gasteiger charge is -2.33. The highest BCUT2D eigenvalue weighted by atomic mass is 35.5. The zero-order chi connectivity index (χ0) is 26.6. The number of esters is 1. The van der Waals surface area contributed by atoms with Gasteiger partial charge in [0.15, 0.2) is 0 Å². The van der Waals surface area contributed by atoms with Crippen LogP contribution in [0.3, 0.4) is 0 Å². The number of benzene rings is 2. The minimum Gasteiger partial charge on any atom is -0.456 e. The molecule has 1 saturated heterocycles. The van der Waals surface area contributed by atoms with Crippen molar-refractivity contribution in [1.82, 2.24) is 5.16 Å². The summed E-state index contributed by atoms with van der Waals surface area (Å²) in [6, 6.07) is 14.2. The van der Waals surface area contributed by atoms with Gasteiger partial charge in [-0.15, -0.1) is 0 Å². The Hall–Kier alpha value is -2.83. The molecule has 1 aromatic heterocycles. The van der Waals surface area contributed by atoms with Crippen molar-refractivity contribution in [2.75, 3.05) is 11.4 Å². The lowest BCUT2D eigenvalue weighted by molar-refractivity contribution is 0.00695. The quantitative estimate of drug-likeness (QED) is 0.296. The van der Waals surface area contributed by atoms with Gasteiger partial charge in [-0.25, -0.2) is 4.79 Å². The van der Waals surface area contributed by atoms with Gasteiger partial charge in [-0.05, 0) is 89.3 Å². The molecule has 6 rings (SSSR count). The zero-order valence-electron chi connectivity index (χ0n) is 22.5. The van der Waals surface area contributed by atoms with Crippen molar-refractivity contribution in [3.63, 3.8) is 0 Å². The fourth-order valence-electron chi connectivity index (χ4n) is 6.00. The molecule has 0 spiro atoms. The highest BCUT2D eigenvalue weighted by molar-refractivity contribution is 6.33. The third-order valence-corrected chi connectivity index (χ3v) is 8.29. The van der Waals surface area contributed by atoms with Crippen LogP contribution in [0.5, 0.6) is 0 Å². The molecule has 2 bridgehead atoms. The van der Waals surface area contributed by atoms with Crippen molar-refractivity contribution in [2.24, 2.45) is 5.92 Å². The van der Waals surface area contributed by atoms with Crippen LogP contribution in [0.4, 0.5) is 5.69 Å². The molecule has 3 atom stereocenters. The first-order valence-corrected chi connectivity index (χ1v) is 14.0. The summed E-state index contributed by atoms with van der Waals surface area (Å²) >= 11 is 6.59. The molecule has 6 nitrogen and oxygen atoms in total. The number of hydrogen-bond acceptors (Lipinski definition) is 6. The Balaban J connectivity index is 1.12. The molecule has 0 N–H and O–H groups in total. The molecular weight excluding hydrogens is 500 g/mol. The van der Waals surface area contributed by atoms with Crippen LogP contribution in [-0.2, 0) is 16.1 Å². The van der Waals surface area contributed by atoms with Crippen LogP contribution in [0, 0.1) is 12.8 Å². The number of carbonyl (C=O) groups excluding carboxylic acids is 1. The van der Waals surface area contributed by atoms with Gasteiger partial charge in [-0.2, -0.15) is 0 Å². The average Bonchev–Trinajstić information content (AvgIpc) is 3.32. The second-order valence-corrected chi connectivity index (χ2v) is 12.4. The number of piperidine rings is 1. The molecule has 0 unspecified atom stereocenters. The van der Waals surface area contributed by atoms with E-state index in [1.165, 1.54) is 0 Å². The molecule has 200 valence electrons. The standard InChI is InChI=1S/C31H35ClN2O4/c1-18-6-5-7-25(32)27(18)28-24(29(38-33-28)19-8-9-19)17-36-26-15-23-14-21(26)16-34(23)22-12-10-20(11-13-22)30(35)37-31(2,3)4/h5-7,10-13,19,21,23,26H,8-9,14-17H2,1-4H3/t21-,23-,26+/m0/s1. The third kappa shape index (κ3) is 4.96. The molecule has 3 aliphatic rings. The zero-order valence-corrected chi connectivity index (χ0v) is 23.3. The van der Waals surface area contributed by atoms with Crippen molar-refractivity contribution >= 4 is 23.3 Å². The van der Waals surface area contributed by atoms with Gasteiger partial charge in [0.2, 0.25) is 0 Å². The molecule has 2 aliphatic carbocycles. The Labute approximate surface area is 229 Å². The minimum atomic E-state index is -0.502. The van der Waals surface area contributed by atoms with E-state index in [1.54, 1.807) is 0 Å². The largest absolute Gasteiger partial charge is 0.456 e. The topological polar surface area (TPSA) is 64.8 Å². The monoisotopic (exact) mass is 534 g/mol. The minimum absolute atomic E-state index is 0.208. The fourth-order valence-corrected chi connectivity index (χ4v) is 6.31. The molecule has 2 aromatic carbocycles. The second-order valence-electron chi connectivity index (χ2n) is 12.0. The smallest absolute Gasteiger partial charge is 0.338 e. The molecule has 2 saturated carbocycles.